The number of ether oxygens (including phenoxy) is 3. The van der Waals surface area contributed by atoms with E-state index < -0.39 is 35.4 Å². The van der Waals surface area contributed by atoms with E-state index in [1.807, 2.05) is 36.4 Å². The second-order valence-corrected chi connectivity index (χ2v) is 13.1. The van der Waals surface area contributed by atoms with Crippen LogP contribution in [0.5, 0.6) is 0 Å². The summed E-state index contributed by atoms with van der Waals surface area (Å²) in [7, 11) is 1.41. The van der Waals surface area contributed by atoms with Crippen LogP contribution in [-0.4, -0.2) is 66.4 Å². The molecule has 0 bridgehead atoms. The number of aliphatic hydroxyl groups is 1. The maximum Gasteiger partial charge on any atom is 0.313 e. The third-order valence-electron chi connectivity index (χ3n) is 7.80. The molecule has 3 unspecified atom stereocenters. The second-order valence-electron chi connectivity index (χ2n) is 13.1. The molecule has 2 amide bonds. The molecule has 2 aliphatic rings. The molecule has 3 rings (SSSR count). The summed E-state index contributed by atoms with van der Waals surface area (Å²) in [4.78, 5) is 44.1. The average Bonchev–Trinajstić information content (AvgIpc) is 3.21. The molecule has 1 heterocycles. The molecule has 248 valence electrons. The highest BCUT2D eigenvalue weighted by atomic mass is 16.6. The molecule has 45 heavy (non-hydrogen) atoms. The van der Waals surface area contributed by atoms with Gasteiger partial charge in [-0.25, -0.2) is 4.99 Å². The number of rotatable bonds is 14. The minimum atomic E-state index is -1.41. The van der Waals surface area contributed by atoms with Crippen molar-refractivity contribution in [2.24, 2.45) is 16.8 Å². The van der Waals surface area contributed by atoms with Crippen molar-refractivity contribution >= 4 is 24.0 Å². The molecule has 1 aromatic carbocycles. The van der Waals surface area contributed by atoms with Gasteiger partial charge >= 0.3 is 5.97 Å². The summed E-state index contributed by atoms with van der Waals surface area (Å²) >= 11 is 0. The van der Waals surface area contributed by atoms with Crippen LogP contribution in [0.25, 0.3) is 0 Å². The molecule has 4 N–H and O–H groups in total. The molecular formula is C34H50N4O7. The van der Waals surface area contributed by atoms with Crippen LogP contribution in [0.1, 0.15) is 78.7 Å². The van der Waals surface area contributed by atoms with Crippen molar-refractivity contribution in [1.29, 1.82) is 0 Å². The number of methoxy groups -OCH3 is 1. The van der Waals surface area contributed by atoms with E-state index in [0.29, 0.717) is 12.2 Å². The topological polar surface area (TPSA) is 148 Å². The lowest BCUT2D eigenvalue weighted by atomic mass is 9.75. The van der Waals surface area contributed by atoms with E-state index in [0.717, 1.165) is 36.8 Å². The zero-order chi connectivity index (χ0) is 33.0. The Morgan fingerprint density at radius 2 is 1.73 bits per heavy atom. The van der Waals surface area contributed by atoms with E-state index in [1.54, 1.807) is 46.9 Å². The Balaban J connectivity index is 1.71. The van der Waals surface area contributed by atoms with E-state index >= 15 is 0 Å². The van der Waals surface area contributed by atoms with Crippen LogP contribution < -0.4 is 16.0 Å². The molecule has 0 spiro atoms. The normalized spacial score (nSPS) is 18.1. The number of amides is 2. The van der Waals surface area contributed by atoms with Gasteiger partial charge in [-0.2, -0.15) is 0 Å². The molecule has 1 saturated carbocycles. The highest BCUT2D eigenvalue weighted by molar-refractivity contribution is 5.92. The lowest BCUT2D eigenvalue weighted by molar-refractivity contribution is -0.192. The van der Waals surface area contributed by atoms with Gasteiger partial charge in [0.05, 0.1) is 37.4 Å². The van der Waals surface area contributed by atoms with Gasteiger partial charge in [-0.1, -0.05) is 55.2 Å². The smallest absolute Gasteiger partial charge is 0.313 e. The summed E-state index contributed by atoms with van der Waals surface area (Å²) in [6.07, 6.45) is 9.46. The first kappa shape index (κ1) is 36.1. The molecule has 0 aromatic heterocycles. The molecule has 0 saturated heterocycles. The van der Waals surface area contributed by atoms with Crippen molar-refractivity contribution in [2.75, 3.05) is 13.7 Å². The van der Waals surface area contributed by atoms with Gasteiger partial charge in [0.1, 0.15) is 11.9 Å². The van der Waals surface area contributed by atoms with Crippen molar-refractivity contribution in [1.82, 2.24) is 16.0 Å². The van der Waals surface area contributed by atoms with Gasteiger partial charge in [-0.15, -0.1) is 0 Å². The number of esters is 1. The highest BCUT2D eigenvalue weighted by Crippen LogP contribution is 2.36. The lowest BCUT2D eigenvalue weighted by Gasteiger charge is -2.32. The standard InChI is InChI=1S/C34H50N4O7/c1-33(2,3)45-32(42)38-34(4,5)31(41)36-26(22-44-21-23-13-9-7-10-14-23)29(39)37-27-18-17-25(19-20-35-27)28(30(40)43-6)24-15-11-8-12-16-24/h7,9-10,13-14,18-20,24,26,28,32,38,42H,8,11-12,15-17,21-22H2,1-6H3,(H,36,41)(H,37,39). The Bertz CT molecular complexity index is 1230. The second kappa shape index (κ2) is 16.8. The van der Waals surface area contributed by atoms with Crippen molar-refractivity contribution in [3.63, 3.8) is 0 Å². The monoisotopic (exact) mass is 626 g/mol. The molecule has 11 nitrogen and oxygen atoms in total. The first-order valence-electron chi connectivity index (χ1n) is 15.7. The van der Waals surface area contributed by atoms with Crippen LogP contribution in [0, 0.1) is 11.8 Å². The number of nitrogens with zero attached hydrogens (tertiary/aromatic N) is 1. The summed E-state index contributed by atoms with van der Waals surface area (Å²) in [5.41, 5.74) is -0.146. The fourth-order valence-corrected chi connectivity index (χ4v) is 5.45. The van der Waals surface area contributed by atoms with Crippen LogP contribution in [0.4, 0.5) is 0 Å². The largest absolute Gasteiger partial charge is 0.469 e. The van der Waals surface area contributed by atoms with Crippen LogP contribution in [0.15, 0.2) is 58.9 Å². The fraction of sp³-hybridized carbons (Fsp3) is 0.588. The minimum Gasteiger partial charge on any atom is -0.469 e. The van der Waals surface area contributed by atoms with E-state index in [9.17, 15) is 19.5 Å². The SMILES string of the molecule is COC(=O)C(C1=CC=NC(NC(=O)C(COCc2ccccc2)NC(=O)C(C)(C)NC(O)OC(C)(C)C)=CC1)C1CCCCC1. The molecule has 0 radical (unpaired) electrons. The van der Waals surface area contributed by atoms with Crippen LogP contribution >= 0.6 is 0 Å². The zero-order valence-corrected chi connectivity index (χ0v) is 27.4. The van der Waals surface area contributed by atoms with Crippen LogP contribution in [0.3, 0.4) is 0 Å². The van der Waals surface area contributed by atoms with Gasteiger partial charge in [-0.3, -0.25) is 19.7 Å². The van der Waals surface area contributed by atoms with Gasteiger partial charge in [0.15, 0.2) is 0 Å². The van der Waals surface area contributed by atoms with Crippen molar-refractivity contribution < 1.29 is 33.7 Å². The van der Waals surface area contributed by atoms with Gasteiger partial charge in [0, 0.05) is 6.21 Å². The molecule has 1 aromatic rings. The molecule has 11 heteroatoms. The summed E-state index contributed by atoms with van der Waals surface area (Å²) < 4.78 is 16.5. The Morgan fingerprint density at radius 3 is 2.38 bits per heavy atom. The first-order chi connectivity index (χ1) is 21.3. The summed E-state index contributed by atoms with van der Waals surface area (Å²) in [5.74, 6) is -1.18. The van der Waals surface area contributed by atoms with E-state index in [4.69, 9.17) is 14.2 Å². The fourth-order valence-electron chi connectivity index (χ4n) is 5.45. The highest BCUT2D eigenvalue weighted by Gasteiger charge is 2.35. The number of aliphatic hydroxyl groups excluding tert-OH is 1. The quantitative estimate of drug-likeness (QED) is 0.180. The predicted molar refractivity (Wildman–Crippen MR) is 172 cm³/mol. The molecule has 3 atom stereocenters. The molecule has 1 aliphatic carbocycles. The van der Waals surface area contributed by atoms with Gasteiger partial charge in [0.2, 0.25) is 12.3 Å². The van der Waals surface area contributed by atoms with E-state index in [1.165, 1.54) is 13.5 Å². The third-order valence-corrected chi connectivity index (χ3v) is 7.80. The Kier molecular flexibility index (Phi) is 13.5. The summed E-state index contributed by atoms with van der Waals surface area (Å²) in [6.45, 7) is 8.62. The number of benzene rings is 1. The number of hydrogen-bond acceptors (Lipinski definition) is 9. The zero-order valence-electron chi connectivity index (χ0n) is 27.4. The Hall–Kier alpha value is -3.38. The number of nitrogens with one attached hydrogen (secondary N) is 3. The maximum absolute atomic E-state index is 13.5. The first-order valence-corrected chi connectivity index (χ1v) is 15.7. The average molecular weight is 627 g/mol. The van der Waals surface area contributed by atoms with Crippen molar-refractivity contribution in [3.05, 3.63) is 59.4 Å². The number of carbonyl (C=O) groups is 3. The van der Waals surface area contributed by atoms with Crippen molar-refractivity contribution in [2.45, 2.75) is 103 Å². The van der Waals surface area contributed by atoms with Crippen LogP contribution in [0.2, 0.25) is 0 Å². The molecule has 1 fully saturated rings. The number of carbonyl (C=O) groups excluding carboxylic acids is 3. The maximum atomic E-state index is 13.5. The molecular weight excluding hydrogens is 576 g/mol. The van der Waals surface area contributed by atoms with Crippen molar-refractivity contribution in [3.8, 4) is 0 Å². The number of allylic oxidation sites excluding steroid dienone is 2. The van der Waals surface area contributed by atoms with E-state index in [2.05, 4.69) is 20.9 Å². The summed E-state index contributed by atoms with van der Waals surface area (Å²) in [5, 5.41) is 18.7. The molecule has 1 aliphatic heterocycles. The van der Waals surface area contributed by atoms with Gasteiger partial charge in [-0.05, 0) is 77.5 Å². The lowest BCUT2D eigenvalue weighted by Crippen LogP contribution is -2.61. The Labute approximate surface area is 266 Å². The van der Waals surface area contributed by atoms with Gasteiger partial charge < -0.3 is 30.0 Å². The van der Waals surface area contributed by atoms with Crippen LogP contribution in [-0.2, 0) is 35.2 Å². The minimum absolute atomic E-state index is 0.115. The predicted octanol–water partition coefficient (Wildman–Crippen LogP) is 3.88. The van der Waals surface area contributed by atoms with E-state index in [-0.39, 0.29) is 31.0 Å². The Morgan fingerprint density at radius 1 is 1.04 bits per heavy atom. The number of aliphatic imine (C=N–C) groups is 1. The summed E-state index contributed by atoms with van der Waals surface area (Å²) in [6, 6.07) is 8.41. The third kappa shape index (κ3) is 11.8. The number of hydrogen-bond donors (Lipinski definition) is 4. The van der Waals surface area contributed by atoms with Gasteiger partial charge in [0.25, 0.3) is 5.91 Å².